The molecular formula is C21H32NO18P. The molecule has 11 atom stereocenters. The van der Waals surface area contributed by atoms with Gasteiger partial charge in [-0.1, -0.05) is 0 Å². The van der Waals surface area contributed by atoms with E-state index < -0.39 is 99.7 Å². The number of methoxy groups -OCH3 is 2. The summed E-state index contributed by atoms with van der Waals surface area (Å²) in [4.78, 5) is 20.8. The lowest BCUT2D eigenvalue weighted by atomic mass is 9.98. The first-order chi connectivity index (χ1) is 19.2. The van der Waals surface area contributed by atoms with Crippen molar-refractivity contribution in [2.75, 3.05) is 27.4 Å². The molecule has 20 heteroatoms. The van der Waals surface area contributed by atoms with Crippen molar-refractivity contribution < 1.29 is 82.9 Å². The minimum atomic E-state index is -4.99. The number of aliphatic hydroxyl groups is 7. The largest absolute Gasteiger partial charge is 0.493 e. The van der Waals surface area contributed by atoms with Gasteiger partial charge in [0, 0.05) is 0 Å². The average Bonchev–Trinajstić information content (AvgIpc) is 2.95. The molecule has 3 rings (SSSR count). The fourth-order valence-electron chi connectivity index (χ4n) is 4.03. The fraction of sp³-hybridized carbons (Fsp3) is 0.714. The van der Waals surface area contributed by atoms with Crippen molar-refractivity contribution >= 4 is 13.5 Å². The Hall–Kier alpha value is -2.07. The molecule has 2 aliphatic heterocycles. The summed E-state index contributed by atoms with van der Waals surface area (Å²) in [6.45, 7) is -2.53. The second kappa shape index (κ2) is 13.9. The standard InChI is InChI=1S/C21H32NO18P/c1-34-10-3-8(9(22(30)31)4-11(10)35-2)6-36-41(32,33)37-7-13-15(25)17(27)19(29)21(39-13)40-20-18(28)16(26)14(24)12(5-23)38-20/h3-4,12-21,23-29H,5-7H2,1-2H3,(H,32,33)/t12-,13?,14-,15-,16?,17?,18?,19+,20-,21-/m1/s1. The van der Waals surface area contributed by atoms with E-state index in [0.29, 0.717) is 0 Å². The molecule has 8 N–H and O–H groups in total. The number of phosphoric ester groups is 1. The van der Waals surface area contributed by atoms with Crippen LogP contribution in [0.15, 0.2) is 12.1 Å². The molecule has 234 valence electrons. The Kier molecular flexibility index (Phi) is 11.4. The molecule has 1 aromatic carbocycles. The van der Waals surface area contributed by atoms with Crippen LogP contribution in [-0.4, -0.2) is 134 Å². The molecular weight excluding hydrogens is 585 g/mol. The monoisotopic (exact) mass is 617 g/mol. The van der Waals surface area contributed by atoms with Crippen LogP contribution in [0.2, 0.25) is 0 Å². The van der Waals surface area contributed by atoms with Gasteiger partial charge < -0.3 is 64.3 Å². The molecule has 0 bridgehead atoms. The molecule has 0 aliphatic carbocycles. The van der Waals surface area contributed by atoms with Gasteiger partial charge in [-0.25, -0.2) is 4.57 Å². The topological polar surface area (TPSA) is 287 Å². The molecule has 2 aliphatic rings. The summed E-state index contributed by atoms with van der Waals surface area (Å²) in [5.74, 6) is 0.0955. The summed E-state index contributed by atoms with van der Waals surface area (Å²) >= 11 is 0. The zero-order valence-corrected chi connectivity index (χ0v) is 22.5. The number of nitro groups is 1. The highest BCUT2D eigenvalue weighted by atomic mass is 31.2. The number of hydrogen-bond acceptors (Lipinski definition) is 17. The number of aliphatic hydroxyl groups excluding tert-OH is 7. The van der Waals surface area contributed by atoms with Gasteiger partial charge in [0.25, 0.3) is 5.69 Å². The van der Waals surface area contributed by atoms with Gasteiger partial charge in [-0.3, -0.25) is 19.2 Å². The molecule has 2 saturated heterocycles. The number of phosphoric acid groups is 1. The Labute approximate surface area is 231 Å². The zero-order chi connectivity index (χ0) is 30.6. The first-order valence-corrected chi connectivity index (χ1v) is 13.4. The Morgan fingerprint density at radius 1 is 0.854 bits per heavy atom. The fourth-order valence-corrected chi connectivity index (χ4v) is 4.74. The molecule has 1 aromatic rings. The summed E-state index contributed by atoms with van der Waals surface area (Å²) in [6, 6.07) is 2.18. The van der Waals surface area contributed by atoms with Gasteiger partial charge in [-0.05, 0) is 6.07 Å². The molecule has 0 saturated carbocycles. The lowest BCUT2D eigenvalue weighted by Gasteiger charge is -2.44. The van der Waals surface area contributed by atoms with Crippen LogP contribution in [0.1, 0.15) is 5.56 Å². The van der Waals surface area contributed by atoms with Crippen LogP contribution >= 0.6 is 7.82 Å². The minimum absolute atomic E-state index is 0.0241. The maximum absolute atomic E-state index is 12.5. The van der Waals surface area contributed by atoms with Crippen LogP contribution in [-0.2, 0) is 34.4 Å². The highest BCUT2D eigenvalue weighted by molar-refractivity contribution is 7.47. The number of ether oxygens (including phenoxy) is 5. The predicted octanol–water partition coefficient (Wildman–Crippen LogP) is -3.13. The summed E-state index contributed by atoms with van der Waals surface area (Å²) in [5, 5.41) is 81.5. The van der Waals surface area contributed by atoms with Crippen molar-refractivity contribution in [1.29, 1.82) is 0 Å². The predicted molar refractivity (Wildman–Crippen MR) is 128 cm³/mol. The van der Waals surface area contributed by atoms with Crippen molar-refractivity contribution in [3.05, 3.63) is 27.8 Å². The van der Waals surface area contributed by atoms with Crippen molar-refractivity contribution in [3.8, 4) is 11.5 Å². The molecule has 0 spiro atoms. The van der Waals surface area contributed by atoms with E-state index in [1.165, 1.54) is 14.2 Å². The van der Waals surface area contributed by atoms with Gasteiger partial charge in [-0.2, -0.15) is 0 Å². The lowest BCUT2D eigenvalue weighted by molar-refractivity contribution is -0.385. The van der Waals surface area contributed by atoms with E-state index in [2.05, 4.69) is 0 Å². The molecule has 2 heterocycles. The molecule has 5 unspecified atom stereocenters. The van der Waals surface area contributed by atoms with E-state index in [0.717, 1.165) is 12.1 Å². The second-order valence-electron chi connectivity index (χ2n) is 8.98. The second-order valence-corrected chi connectivity index (χ2v) is 10.4. The summed E-state index contributed by atoms with van der Waals surface area (Å²) in [7, 11) is -2.47. The van der Waals surface area contributed by atoms with E-state index >= 15 is 0 Å². The third kappa shape index (κ3) is 7.66. The molecule has 19 nitrogen and oxygen atoms in total. The van der Waals surface area contributed by atoms with Crippen molar-refractivity contribution in [2.45, 2.75) is 68.0 Å². The van der Waals surface area contributed by atoms with E-state index in [1.54, 1.807) is 0 Å². The van der Waals surface area contributed by atoms with Gasteiger partial charge in [0.2, 0.25) is 0 Å². The Balaban J connectivity index is 1.66. The molecule has 0 radical (unpaired) electrons. The molecule has 41 heavy (non-hydrogen) atoms. The maximum Gasteiger partial charge on any atom is 0.472 e. The summed E-state index contributed by atoms with van der Waals surface area (Å²) in [5.41, 5.74) is -0.690. The Morgan fingerprint density at radius 2 is 1.37 bits per heavy atom. The van der Waals surface area contributed by atoms with Crippen molar-refractivity contribution in [1.82, 2.24) is 0 Å². The number of benzene rings is 1. The van der Waals surface area contributed by atoms with Crippen LogP contribution in [0.3, 0.4) is 0 Å². The van der Waals surface area contributed by atoms with Gasteiger partial charge in [0.15, 0.2) is 24.1 Å². The number of rotatable bonds is 12. The highest BCUT2D eigenvalue weighted by Crippen LogP contribution is 2.46. The van der Waals surface area contributed by atoms with E-state index in [1.807, 2.05) is 0 Å². The maximum atomic E-state index is 12.5. The minimum Gasteiger partial charge on any atom is -0.493 e. The number of nitrogens with zero attached hydrogens (tertiary/aromatic N) is 1. The highest BCUT2D eigenvalue weighted by Gasteiger charge is 2.50. The third-order valence-corrected chi connectivity index (χ3v) is 7.28. The summed E-state index contributed by atoms with van der Waals surface area (Å²) in [6.07, 6.45) is -18.0. The molecule has 2 fully saturated rings. The number of hydrogen-bond donors (Lipinski definition) is 8. The Bertz CT molecular complexity index is 1090. The zero-order valence-electron chi connectivity index (χ0n) is 21.6. The first kappa shape index (κ1) is 33.4. The number of nitro benzene ring substituents is 1. The average molecular weight is 617 g/mol. The lowest BCUT2D eigenvalue weighted by Crippen LogP contribution is -2.63. The van der Waals surface area contributed by atoms with E-state index in [-0.39, 0.29) is 17.1 Å². The van der Waals surface area contributed by atoms with Crippen LogP contribution in [0, 0.1) is 10.1 Å². The van der Waals surface area contributed by atoms with E-state index in [4.69, 9.17) is 32.7 Å². The quantitative estimate of drug-likeness (QED) is 0.0653. The SMILES string of the molecule is COc1cc(COP(=O)(O)OCC2O[C@H](O[C@H]3O[C@H](CO)[C@@H](O)C(O)C3O)[C@@H](O)C(O)[C@@H]2O)c([N+](=O)[O-])cc1OC. The summed E-state index contributed by atoms with van der Waals surface area (Å²) < 4.78 is 48.0. The van der Waals surface area contributed by atoms with Crippen LogP contribution in [0.5, 0.6) is 11.5 Å². The smallest absolute Gasteiger partial charge is 0.472 e. The van der Waals surface area contributed by atoms with Crippen LogP contribution in [0.25, 0.3) is 0 Å². The van der Waals surface area contributed by atoms with Gasteiger partial charge in [0.05, 0.1) is 50.6 Å². The third-order valence-electron chi connectivity index (χ3n) is 6.35. The molecule has 0 aromatic heterocycles. The first-order valence-electron chi connectivity index (χ1n) is 11.9. The van der Waals surface area contributed by atoms with Crippen molar-refractivity contribution in [2.24, 2.45) is 0 Å². The molecule has 0 amide bonds. The van der Waals surface area contributed by atoms with Crippen LogP contribution < -0.4 is 9.47 Å². The van der Waals surface area contributed by atoms with E-state index in [9.17, 15) is 55.3 Å². The van der Waals surface area contributed by atoms with Gasteiger partial charge >= 0.3 is 7.82 Å². The van der Waals surface area contributed by atoms with Crippen molar-refractivity contribution in [3.63, 3.8) is 0 Å². The van der Waals surface area contributed by atoms with Gasteiger partial charge in [0.1, 0.15) is 48.8 Å². The van der Waals surface area contributed by atoms with Crippen LogP contribution in [0.4, 0.5) is 5.69 Å². The Morgan fingerprint density at radius 3 is 1.88 bits per heavy atom. The normalized spacial score (nSPS) is 35.5. The van der Waals surface area contributed by atoms with Gasteiger partial charge in [-0.15, -0.1) is 0 Å².